The Morgan fingerprint density at radius 2 is 1.56 bits per heavy atom. The van der Waals surface area contributed by atoms with E-state index in [4.69, 9.17) is 15.2 Å². The molecule has 14 heteroatoms. The molecular weight excluding hydrogens is 706 g/mol. The van der Waals surface area contributed by atoms with E-state index < -0.39 is 65.2 Å². The molecule has 1 saturated heterocycles. The van der Waals surface area contributed by atoms with Crippen molar-refractivity contribution in [1.82, 2.24) is 15.5 Å². The zero-order valence-corrected chi connectivity index (χ0v) is 31.7. The Labute approximate surface area is 320 Å². The van der Waals surface area contributed by atoms with E-state index in [1.54, 1.807) is 57.2 Å². The van der Waals surface area contributed by atoms with Crippen LogP contribution in [0.5, 0.6) is 0 Å². The SMILES string of the molecule is COC(=O)C(OC(C)=O)c1ccc(/C=C/C(=O)NC(C(=O)N2CC(NC(C)=O)CC2C(=O)N(Cc2ccccc2)c2ccc(C(N)=O)cc2)C(C)(C)C)cc1. The normalized spacial score (nSPS) is 16.4. The van der Waals surface area contributed by atoms with Gasteiger partial charge in [0.1, 0.15) is 12.1 Å². The summed E-state index contributed by atoms with van der Waals surface area (Å²) in [5.41, 5.74) is 7.16. The lowest BCUT2D eigenvalue weighted by atomic mass is 9.85. The van der Waals surface area contributed by atoms with Gasteiger partial charge in [-0.05, 0) is 53.3 Å². The third-order valence-electron chi connectivity index (χ3n) is 8.95. The molecular formula is C41H47N5O9. The summed E-state index contributed by atoms with van der Waals surface area (Å²) in [5.74, 6) is -3.84. The first-order chi connectivity index (χ1) is 26.0. The van der Waals surface area contributed by atoms with Gasteiger partial charge in [0.15, 0.2) is 0 Å². The first-order valence-corrected chi connectivity index (χ1v) is 17.6. The van der Waals surface area contributed by atoms with Crippen molar-refractivity contribution in [1.29, 1.82) is 0 Å². The molecule has 4 unspecified atom stereocenters. The number of hydrogen-bond donors (Lipinski definition) is 3. The molecule has 0 bridgehead atoms. The van der Waals surface area contributed by atoms with Crippen LogP contribution in [0.4, 0.5) is 5.69 Å². The third-order valence-corrected chi connectivity index (χ3v) is 8.95. The fraction of sp³-hybridized carbons (Fsp3) is 0.341. The Hall–Kier alpha value is -6.31. The summed E-state index contributed by atoms with van der Waals surface area (Å²) in [6.45, 7) is 8.09. The molecule has 5 amide bonds. The molecule has 3 aromatic rings. The molecule has 14 nitrogen and oxygen atoms in total. The Bertz CT molecular complexity index is 1920. The molecule has 0 saturated carbocycles. The lowest BCUT2D eigenvalue weighted by molar-refractivity contribution is -0.165. The van der Waals surface area contributed by atoms with Gasteiger partial charge >= 0.3 is 11.9 Å². The van der Waals surface area contributed by atoms with Gasteiger partial charge in [-0.3, -0.25) is 28.8 Å². The van der Waals surface area contributed by atoms with Gasteiger partial charge < -0.3 is 35.6 Å². The second-order valence-electron chi connectivity index (χ2n) is 14.3. The summed E-state index contributed by atoms with van der Waals surface area (Å²) in [5, 5.41) is 5.66. The first kappa shape index (κ1) is 41.4. The van der Waals surface area contributed by atoms with Gasteiger partial charge in [0.2, 0.25) is 35.6 Å². The summed E-state index contributed by atoms with van der Waals surface area (Å²) >= 11 is 0. The maximum Gasteiger partial charge on any atom is 0.351 e. The number of esters is 2. The zero-order chi connectivity index (χ0) is 40.4. The number of methoxy groups -OCH3 is 1. The van der Waals surface area contributed by atoms with E-state index in [0.717, 1.165) is 5.56 Å². The molecule has 4 atom stereocenters. The van der Waals surface area contributed by atoms with Crippen molar-refractivity contribution in [2.45, 2.75) is 71.8 Å². The van der Waals surface area contributed by atoms with Crippen molar-refractivity contribution < 1.29 is 43.0 Å². The van der Waals surface area contributed by atoms with Gasteiger partial charge in [0.25, 0.3) is 0 Å². The van der Waals surface area contributed by atoms with Crippen LogP contribution < -0.4 is 21.3 Å². The largest absolute Gasteiger partial charge is 0.466 e. The highest BCUT2D eigenvalue weighted by Gasteiger charge is 2.46. The fourth-order valence-electron chi connectivity index (χ4n) is 6.24. The van der Waals surface area contributed by atoms with E-state index >= 15 is 0 Å². The van der Waals surface area contributed by atoms with Crippen LogP contribution in [0.2, 0.25) is 0 Å². The molecule has 4 rings (SSSR count). The lowest BCUT2D eigenvalue weighted by Crippen LogP contribution is -2.58. The molecule has 0 aliphatic carbocycles. The smallest absolute Gasteiger partial charge is 0.351 e. The predicted octanol–water partition coefficient (Wildman–Crippen LogP) is 3.45. The average Bonchev–Trinajstić information content (AvgIpc) is 3.56. The van der Waals surface area contributed by atoms with Crippen LogP contribution in [-0.2, 0) is 44.8 Å². The number of hydrogen-bond acceptors (Lipinski definition) is 9. The van der Waals surface area contributed by atoms with E-state index in [1.165, 1.54) is 55.0 Å². The maximum atomic E-state index is 14.6. The number of carbonyl (C=O) groups is 7. The summed E-state index contributed by atoms with van der Waals surface area (Å²) in [6, 6.07) is 19.3. The van der Waals surface area contributed by atoms with Gasteiger partial charge in [0, 0.05) is 49.3 Å². The topological polar surface area (TPSA) is 195 Å². The Kier molecular flexibility index (Phi) is 13.7. The highest BCUT2D eigenvalue weighted by atomic mass is 16.6. The van der Waals surface area contributed by atoms with Crippen LogP contribution >= 0.6 is 0 Å². The van der Waals surface area contributed by atoms with Crippen molar-refractivity contribution in [2.75, 3.05) is 18.6 Å². The Balaban J connectivity index is 1.60. The van der Waals surface area contributed by atoms with Crippen molar-refractivity contribution in [3.05, 3.63) is 107 Å². The van der Waals surface area contributed by atoms with Crippen LogP contribution in [0.1, 0.15) is 74.2 Å². The summed E-state index contributed by atoms with van der Waals surface area (Å²) in [4.78, 5) is 93.1. The summed E-state index contributed by atoms with van der Waals surface area (Å²) in [7, 11) is 1.18. The van der Waals surface area contributed by atoms with E-state index in [0.29, 0.717) is 16.8 Å². The number of likely N-dealkylation sites (tertiary alicyclic amines) is 1. The number of amides is 5. The number of ether oxygens (including phenoxy) is 2. The van der Waals surface area contributed by atoms with Crippen molar-refractivity contribution >= 4 is 53.2 Å². The molecule has 290 valence electrons. The Morgan fingerprint density at radius 1 is 0.927 bits per heavy atom. The molecule has 55 heavy (non-hydrogen) atoms. The van der Waals surface area contributed by atoms with Gasteiger partial charge in [-0.2, -0.15) is 0 Å². The molecule has 0 aromatic heterocycles. The molecule has 0 radical (unpaired) electrons. The highest BCUT2D eigenvalue weighted by molar-refractivity contribution is 6.02. The predicted molar refractivity (Wildman–Crippen MR) is 204 cm³/mol. The number of rotatable bonds is 13. The molecule has 1 aliphatic rings. The molecule has 1 aliphatic heterocycles. The number of benzene rings is 3. The van der Waals surface area contributed by atoms with E-state index in [1.807, 2.05) is 30.3 Å². The standard InChI is InChI=1S/C41H47N5O9/c1-25(47)43-31-22-33(38(51)45(23-28-10-8-7-9-11-28)32-19-17-30(18-20-32)37(42)50)46(24-31)39(52)36(41(3,4)5)44-34(49)21-14-27-12-15-29(16-13-27)35(40(53)54-6)55-26(2)48/h7-21,31,33,35-36H,22-24H2,1-6H3,(H2,42,50)(H,43,47)(H,44,49)/b21-14+. The van der Waals surface area contributed by atoms with Crippen LogP contribution in [0.15, 0.2) is 84.9 Å². The fourth-order valence-corrected chi connectivity index (χ4v) is 6.24. The van der Waals surface area contributed by atoms with Crippen molar-refractivity contribution in [3.8, 4) is 0 Å². The van der Waals surface area contributed by atoms with Crippen LogP contribution in [0.3, 0.4) is 0 Å². The van der Waals surface area contributed by atoms with Gasteiger partial charge in [-0.1, -0.05) is 75.4 Å². The first-order valence-electron chi connectivity index (χ1n) is 17.6. The third kappa shape index (κ3) is 11.1. The van der Waals surface area contributed by atoms with Gasteiger partial charge in [-0.15, -0.1) is 0 Å². The monoisotopic (exact) mass is 753 g/mol. The molecule has 1 heterocycles. The minimum Gasteiger partial charge on any atom is -0.466 e. The molecule has 0 spiro atoms. The summed E-state index contributed by atoms with van der Waals surface area (Å²) < 4.78 is 9.84. The number of primary amides is 1. The number of nitrogens with two attached hydrogens (primary N) is 1. The minimum atomic E-state index is -1.25. The van der Waals surface area contributed by atoms with Gasteiger partial charge in [0.05, 0.1) is 13.7 Å². The van der Waals surface area contributed by atoms with Crippen LogP contribution in [0, 0.1) is 5.41 Å². The van der Waals surface area contributed by atoms with Crippen LogP contribution in [0.25, 0.3) is 6.08 Å². The van der Waals surface area contributed by atoms with E-state index in [2.05, 4.69) is 10.6 Å². The van der Waals surface area contributed by atoms with E-state index in [9.17, 15) is 33.6 Å². The summed E-state index contributed by atoms with van der Waals surface area (Å²) in [6.07, 6.45) is 1.66. The second kappa shape index (κ2) is 18.1. The highest BCUT2D eigenvalue weighted by Crippen LogP contribution is 2.30. The number of nitrogens with one attached hydrogen (secondary N) is 2. The number of nitrogens with zero attached hydrogens (tertiary/aromatic N) is 2. The molecule has 4 N–H and O–H groups in total. The Morgan fingerprint density at radius 3 is 2.11 bits per heavy atom. The zero-order valence-electron chi connectivity index (χ0n) is 31.7. The quantitative estimate of drug-likeness (QED) is 0.173. The van der Waals surface area contributed by atoms with Crippen molar-refractivity contribution in [2.24, 2.45) is 11.1 Å². The molecule has 3 aromatic carbocycles. The average molecular weight is 754 g/mol. The minimum absolute atomic E-state index is 0.0269. The number of anilines is 1. The molecule has 1 fully saturated rings. The second-order valence-corrected chi connectivity index (χ2v) is 14.3. The van der Waals surface area contributed by atoms with E-state index in [-0.39, 0.29) is 31.0 Å². The van der Waals surface area contributed by atoms with Gasteiger partial charge in [-0.25, -0.2) is 4.79 Å². The lowest BCUT2D eigenvalue weighted by Gasteiger charge is -2.36. The van der Waals surface area contributed by atoms with Crippen LogP contribution in [-0.4, -0.2) is 78.2 Å². The maximum absolute atomic E-state index is 14.6. The number of carbonyl (C=O) groups excluding carboxylic acids is 7. The van der Waals surface area contributed by atoms with Crippen molar-refractivity contribution in [3.63, 3.8) is 0 Å².